The molecule has 132 valence electrons. The molecule has 1 N–H and O–H groups in total. The lowest BCUT2D eigenvalue weighted by molar-refractivity contribution is -0.388. The Morgan fingerprint density at radius 2 is 1.96 bits per heavy atom. The summed E-state index contributed by atoms with van der Waals surface area (Å²) in [6.45, 7) is 0.833. The first-order chi connectivity index (χ1) is 11.4. The van der Waals surface area contributed by atoms with E-state index in [1.165, 1.54) is 0 Å². The standard InChI is InChI=1S/C12H5F4N3O6/c1-3(20)25-18-8-6-5(17-11(22)10(8)21)2-4(12(14,15)16)7(13)9(6)19(23)24/h2H,1H3,(H,17,22). The van der Waals surface area contributed by atoms with Crippen LogP contribution in [0, 0.1) is 15.9 Å². The van der Waals surface area contributed by atoms with E-state index in [2.05, 4.69) is 9.99 Å². The second-order valence-corrected chi connectivity index (χ2v) is 4.57. The molecule has 1 aromatic carbocycles. The summed E-state index contributed by atoms with van der Waals surface area (Å²) in [6.07, 6.45) is -5.32. The lowest BCUT2D eigenvalue weighted by atomic mass is 9.95. The van der Waals surface area contributed by atoms with Gasteiger partial charge in [0.05, 0.1) is 10.6 Å². The zero-order chi connectivity index (χ0) is 19.1. The van der Waals surface area contributed by atoms with E-state index < -0.39 is 62.8 Å². The van der Waals surface area contributed by atoms with Gasteiger partial charge in [-0.25, -0.2) is 4.79 Å². The average Bonchev–Trinajstić information content (AvgIpc) is 2.46. The number of nitrogens with zero attached hydrogens (tertiary/aromatic N) is 2. The molecule has 0 unspecified atom stereocenters. The van der Waals surface area contributed by atoms with Crippen LogP contribution >= 0.6 is 0 Å². The maximum atomic E-state index is 14.1. The Morgan fingerprint density at radius 1 is 1.36 bits per heavy atom. The second kappa shape index (κ2) is 5.92. The van der Waals surface area contributed by atoms with Crippen LogP contribution < -0.4 is 5.32 Å². The normalized spacial score (nSPS) is 15.6. The van der Waals surface area contributed by atoms with Gasteiger partial charge in [0.2, 0.25) is 5.82 Å². The predicted molar refractivity (Wildman–Crippen MR) is 70.0 cm³/mol. The van der Waals surface area contributed by atoms with Crippen molar-refractivity contribution < 1.29 is 41.7 Å². The Balaban J connectivity index is 2.89. The van der Waals surface area contributed by atoms with Crippen LogP contribution in [0.3, 0.4) is 0 Å². The van der Waals surface area contributed by atoms with Crippen LogP contribution in [0.25, 0.3) is 0 Å². The molecule has 0 atom stereocenters. The molecule has 9 nitrogen and oxygen atoms in total. The van der Waals surface area contributed by atoms with Gasteiger partial charge in [-0.05, 0) is 6.07 Å². The number of nitro benzene ring substituents is 1. The SMILES string of the molecule is CC(=O)ON=C1C(=O)C(=O)Nc2cc(C(F)(F)F)c(F)c([N+](=O)[O-])c21. The number of carbonyl (C=O) groups excluding carboxylic acids is 3. The molecular formula is C12H5F4N3O6. The van der Waals surface area contributed by atoms with E-state index in [1.54, 1.807) is 5.32 Å². The number of halogens is 4. The van der Waals surface area contributed by atoms with Crippen molar-refractivity contribution in [1.29, 1.82) is 0 Å². The highest BCUT2D eigenvalue weighted by atomic mass is 19.4. The van der Waals surface area contributed by atoms with Gasteiger partial charge in [0.15, 0.2) is 5.71 Å². The zero-order valence-electron chi connectivity index (χ0n) is 11.9. The van der Waals surface area contributed by atoms with E-state index in [0.717, 1.165) is 6.92 Å². The Morgan fingerprint density at radius 3 is 2.44 bits per heavy atom. The molecule has 0 bridgehead atoms. The van der Waals surface area contributed by atoms with Crippen molar-refractivity contribution in [1.82, 2.24) is 0 Å². The van der Waals surface area contributed by atoms with Crippen LogP contribution in [0.15, 0.2) is 11.2 Å². The molecule has 1 heterocycles. The van der Waals surface area contributed by atoms with Gasteiger partial charge in [0, 0.05) is 6.92 Å². The summed E-state index contributed by atoms with van der Waals surface area (Å²) < 4.78 is 52.6. The number of nitro groups is 1. The van der Waals surface area contributed by atoms with Gasteiger partial charge >= 0.3 is 17.8 Å². The van der Waals surface area contributed by atoms with E-state index in [-0.39, 0.29) is 6.07 Å². The van der Waals surface area contributed by atoms with Gasteiger partial charge in [-0.3, -0.25) is 19.7 Å². The fraction of sp³-hybridized carbons (Fsp3) is 0.167. The number of Topliss-reactive ketones (excluding diaryl/α,β-unsaturated/α-hetero) is 1. The number of nitrogens with one attached hydrogen (secondary N) is 1. The molecule has 1 amide bonds. The van der Waals surface area contributed by atoms with Crippen LogP contribution in [-0.4, -0.2) is 28.3 Å². The molecule has 1 aliphatic rings. The fourth-order valence-electron chi connectivity index (χ4n) is 1.96. The summed E-state index contributed by atoms with van der Waals surface area (Å²) in [7, 11) is 0. The molecule has 13 heteroatoms. The van der Waals surface area contributed by atoms with E-state index in [9.17, 15) is 42.1 Å². The molecule has 0 spiro atoms. The number of hydrogen-bond acceptors (Lipinski definition) is 7. The van der Waals surface area contributed by atoms with Crippen LogP contribution in [0.5, 0.6) is 0 Å². The number of anilines is 1. The Bertz CT molecular complexity index is 861. The van der Waals surface area contributed by atoms with Crippen LogP contribution in [-0.2, 0) is 25.4 Å². The van der Waals surface area contributed by atoms with Gasteiger partial charge in [0.25, 0.3) is 11.7 Å². The Hall–Kier alpha value is -3.38. The van der Waals surface area contributed by atoms with Gasteiger partial charge in [0.1, 0.15) is 11.1 Å². The molecule has 1 aliphatic heterocycles. The van der Waals surface area contributed by atoms with Crippen molar-refractivity contribution in [3.05, 3.63) is 33.1 Å². The largest absolute Gasteiger partial charge is 0.419 e. The fourth-order valence-corrected chi connectivity index (χ4v) is 1.96. The molecule has 0 saturated carbocycles. The lowest BCUT2D eigenvalue weighted by Gasteiger charge is -2.19. The van der Waals surface area contributed by atoms with Gasteiger partial charge < -0.3 is 10.2 Å². The number of ketones is 1. The minimum absolute atomic E-state index is 0.0747. The van der Waals surface area contributed by atoms with E-state index in [4.69, 9.17) is 0 Å². The summed E-state index contributed by atoms with van der Waals surface area (Å²) in [5, 5.41) is 15.7. The first-order valence-electron chi connectivity index (χ1n) is 6.14. The third-order valence-electron chi connectivity index (χ3n) is 2.90. The molecule has 0 aromatic heterocycles. The minimum atomic E-state index is -5.32. The highest BCUT2D eigenvalue weighted by molar-refractivity contribution is 6.72. The minimum Gasteiger partial charge on any atom is -0.318 e. The number of amides is 1. The third kappa shape index (κ3) is 3.15. The zero-order valence-corrected chi connectivity index (χ0v) is 11.9. The number of hydrogen-bond donors (Lipinski definition) is 1. The predicted octanol–water partition coefficient (Wildman–Crippen LogP) is 1.54. The topological polar surface area (TPSA) is 128 Å². The second-order valence-electron chi connectivity index (χ2n) is 4.57. The first-order valence-corrected chi connectivity index (χ1v) is 6.14. The van der Waals surface area contributed by atoms with Crippen molar-refractivity contribution in [2.75, 3.05) is 5.32 Å². The van der Waals surface area contributed by atoms with E-state index in [1.807, 2.05) is 0 Å². The Kier molecular flexibility index (Phi) is 4.25. The summed E-state index contributed by atoms with van der Waals surface area (Å²) in [5.74, 6) is -6.43. The number of carbonyl (C=O) groups is 3. The molecular weight excluding hydrogens is 358 g/mol. The number of rotatable bonds is 2. The van der Waals surface area contributed by atoms with Crippen molar-refractivity contribution in [2.45, 2.75) is 13.1 Å². The van der Waals surface area contributed by atoms with E-state index in [0.29, 0.717) is 0 Å². The van der Waals surface area contributed by atoms with Crippen molar-refractivity contribution in [3.8, 4) is 0 Å². The number of benzene rings is 1. The van der Waals surface area contributed by atoms with Gasteiger partial charge in [-0.2, -0.15) is 17.6 Å². The van der Waals surface area contributed by atoms with Crippen molar-refractivity contribution >= 4 is 34.7 Å². The summed E-state index contributed by atoms with van der Waals surface area (Å²) >= 11 is 0. The highest BCUT2D eigenvalue weighted by Gasteiger charge is 2.45. The van der Waals surface area contributed by atoms with Gasteiger partial charge in [-0.1, -0.05) is 5.16 Å². The molecule has 2 rings (SSSR count). The number of fused-ring (bicyclic) bond motifs is 1. The molecule has 0 aliphatic carbocycles. The summed E-state index contributed by atoms with van der Waals surface area (Å²) in [6, 6.07) is 0.0747. The van der Waals surface area contributed by atoms with Crippen LogP contribution in [0.1, 0.15) is 18.1 Å². The third-order valence-corrected chi connectivity index (χ3v) is 2.90. The van der Waals surface area contributed by atoms with E-state index >= 15 is 0 Å². The maximum Gasteiger partial charge on any atom is 0.419 e. The molecule has 25 heavy (non-hydrogen) atoms. The van der Waals surface area contributed by atoms with Gasteiger partial charge in [-0.15, -0.1) is 0 Å². The van der Waals surface area contributed by atoms with Crippen molar-refractivity contribution in [2.24, 2.45) is 5.16 Å². The van der Waals surface area contributed by atoms with Crippen molar-refractivity contribution in [3.63, 3.8) is 0 Å². The molecule has 1 aromatic rings. The lowest BCUT2D eigenvalue weighted by Crippen LogP contribution is -2.37. The molecule has 0 radical (unpaired) electrons. The average molecular weight is 363 g/mol. The van der Waals surface area contributed by atoms with Crippen LogP contribution in [0.2, 0.25) is 0 Å². The number of alkyl halides is 3. The smallest absolute Gasteiger partial charge is 0.318 e. The monoisotopic (exact) mass is 363 g/mol. The Labute approximate surface area is 134 Å². The quantitative estimate of drug-likeness (QED) is 0.279. The van der Waals surface area contributed by atoms with Crippen LogP contribution in [0.4, 0.5) is 28.9 Å². The summed E-state index contributed by atoms with van der Waals surface area (Å²) in [4.78, 5) is 47.7. The number of oxime groups is 1. The molecule has 0 saturated heterocycles. The maximum absolute atomic E-state index is 14.1. The molecule has 0 fully saturated rings. The highest BCUT2D eigenvalue weighted by Crippen LogP contribution is 2.41. The first kappa shape index (κ1) is 18.0. The summed E-state index contributed by atoms with van der Waals surface area (Å²) in [5.41, 5.74) is -6.87.